The molecule has 0 aliphatic rings. The molecule has 2 aromatic rings. The number of hydrogen-bond donors (Lipinski definition) is 2. The van der Waals surface area contributed by atoms with Gasteiger partial charge in [-0.05, 0) is 63.5 Å². The zero-order valence-corrected chi connectivity index (χ0v) is 18.5. The van der Waals surface area contributed by atoms with Gasteiger partial charge in [0.05, 0.1) is 0 Å². The van der Waals surface area contributed by atoms with Gasteiger partial charge in [-0.3, -0.25) is 0 Å². The lowest BCUT2D eigenvalue weighted by Gasteiger charge is -2.24. The smallest absolute Gasteiger partial charge is 0.0387 e. The van der Waals surface area contributed by atoms with E-state index in [0.717, 1.165) is 17.8 Å². The highest BCUT2D eigenvalue weighted by Crippen LogP contribution is 2.37. The van der Waals surface area contributed by atoms with Crippen LogP contribution in [0, 0.1) is 0 Å². The Morgan fingerprint density at radius 1 is 0.556 bits per heavy atom. The summed E-state index contributed by atoms with van der Waals surface area (Å²) in [5.41, 5.74) is 22.9. The first-order valence-electron chi connectivity index (χ1n) is 10.4. The predicted octanol–water partition coefficient (Wildman–Crippen LogP) is 6.94. The highest BCUT2D eigenvalue weighted by atomic mass is 14.6. The standard InChI is InChI=1S/C25H38N2/c1-14(2)20-11-9-18(22(16(5)6)24(20)26)13-19-10-12-21(15(3)4)25(27)23(19)17(7)8/h9-12,14-17H,13,26-27H2,1-8H3. The van der Waals surface area contributed by atoms with Crippen LogP contribution >= 0.6 is 0 Å². The van der Waals surface area contributed by atoms with E-state index >= 15 is 0 Å². The molecule has 0 atom stereocenters. The van der Waals surface area contributed by atoms with Crippen LogP contribution < -0.4 is 11.5 Å². The Morgan fingerprint density at radius 2 is 0.889 bits per heavy atom. The van der Waals surface area contributed by atoms with Crippen LogP contribution in [0.25, 0.3) is 0 Å². The van der Waals surface area contributed by atoms with Crippen molar-refractivity contribution in [1.29, 1.82) is 0 Å². The molecule has 0 fully saturated rings. The first-order valence-corrected chi connectivity index (χ1v) is 10.4. The summed E-state index contributed by atoms with van der Waals surface area (Å²) in [5, 5.41) is 0. The molecule has 0 unspecified atom stereocenters. The monoisotopic (exact) mass is 366 g/mol. The van der Waals surface area contributed by atoms with Gasteiger partial charge in [-0.1, -0.05) is 79.7 Å². The molecule has 0 aromatic heterocycles. The highest BCUT2D eigenvalue weighted by molar-refractivity contribution is 5.63. The molecule has 0 saturated heterocycles. The average molecular weight is 367 g/mol. The van der Waals surface area contributed by atoms with Crippen molar-refractivity contribution >= 4 is 11.4 Å². The summed E-state index contributed by atoms with van der Waals surface area (Å²) >= 11 is 0. The third kappa shape index (κ3) is 4.31. The summed E-state index contributed by atoms with van der Waals surface area (Å²) in [7, 11) is 0. The third-order valence-electron chi connectivity index (χ3n) is 5.60. The van der Waals surface area contributed by atoms with Gasteiger partial charge < -0.3 is 11.5 Å². The Labute approximate surface area is 166 Å². The van der Waals surface area contributed by atoms with E-state index in [0.29, 0.717) is 23.7 Å². The molecule has 2 rings (SSSR count). The summed E-state index contributed by atoms with van der Waals surface area (Å²) in [6.45, 7) is 17.8. The van der Waals surface area contributed by atoms with Crippen molar-refractivity contribution in [3.05, 3.63) is 57.6 Å². The van der Waals surface area contributed by atoms with E-state index in [4.69, 9.17) is 11.5 Å². The number of rotatable bonds is 6. The summed E-state index contributed by atoms with van der Waals surface area (Å²) in [4.78, 5) is 0. The van der Waals surface area contributed by atoms with Crippen molar-refractivity contribution in [2.24, 2.45) is 0 Å². The average Bonchev–Trinajstić information content (AvgIpc) is 2.53. The van der Waals surface area contributed by atoms with E-state index in [1.54, 1.807) is 0 Å². The maximum absolute atomic E-state index is 6.61. The molecule has 0 radical (unpaired) electrons. The molecule has 4 N–H and O–H groups in total. The fourth-order valence-electron chi connectivity index (χ4n) is 4.28. The molecule has 148 valence electrons. The van der Waals surface area contributed by atoms with Gasteiger partial charge >= 0.3 is 0 Å². The van der Waals surface area contributed by atoms with Gasteiger partial charge in [-0.25, -0.2) is 0 Å². The molecule has 2 nitrogen and oxygen atoms in total. The Bertz CT molecular complexity index is 731. The maximum Gasteiger partial charge on any atom is 0.0387 e. The lowest BCUT2D eigenvalue weighted by Crippen LogP contribution is -2.10. The SMILES string of the molecule is CC(C)c1ccc(Cc2ccc(C(C)C)c(N)c2C(C)C)c(C(C)C)c1N. The normalized spacial score (nSPS) is 12.0. The fourth-order valence-corrected chi connectivity index (χ4v) is 4.28. The fraction of sp³-hybridized carbons (Fsp3) is 0.520. The van der Waals surface area contributed by atoms with Crippen LogP contribution in [0.1, 0.15) is 112 Å². The second-order valence-electron chi connectivity index (χ2n) is 9.08. The molecule has 0 amide bonds. The zero-order valence-electron chi connectivity index (χ0n) is 18.5. The molecule has 0 aliphatic heterocycles. The quantitative estimate of drug-likeness (QED) is 0.544. The van der Waals surface area contributed by atoms with Crippen LogP contribution in [0.5, 0.6) is 0 Å². The number of anilines is 2. The van der Waals surface area contributed by atoms with Gasteiger partial charge in [0.25, 0.3) is 0 Å². The maximum atomic E-state index is 6.61. The molecule has 2 aromatic carbocycles. The van der Waals surface area contributed by atoms with E-state index in [1.807, 2.05) is 0 Å². The van der Waals surface area contributed by atoms with Crippen LogP contribution in [0.2, 0.25) is 0 Å². The summed E-state index contributed by atoms with van der Waals surface area (Å²) in [6, 6.07) is 8.97. The summed E-state index contributed by atoms with van der Waals surface area (Å²) in [5.74, 6) is 1.66. The third-order valence-corrected chi connectivity index (χ3v) is 5.60. The van der Waals surface area contributed by atoms with Crippen molar-refractivity contribution in [1.82, 2.24) is 0 Å². The van der Waals surface area contributed by atoms with Crippen LogP contribution in [0.3, 0.4) is 0 Å². The number of benzene rings is 2. The molecule has 0 spiro atoms. The molecular weight excluding hydrogens is 328 g/mol. The van der Waals surface area contributed by atoms with Gasteiger partial charge in [0, 0.05) is 11.4 Å². The van der Waals surface area contributed by atoms with E-state index in [9.17, 15) is 0 Å². The number of nitrogen functional groups attached to an aromatic ring is 2. The van der Waals surface area contributed by atoms with E-state index in [1.165, 1.54) is 33.4 Å². The van der Waals surface area contributed by atoms with Gasteiger partial charge in [0.15, 0.2) is 0 Å². The van der Waals surface area contributed by atoms with E-state index in [2.05, 4.69) is 79.7 Å². The zero-order chi connectivity index (χ0) is 20.5. The van der Waals surface area contributed by atoms with Crippen molar-refractivity contribution in [2.75, 3.05) is 11.5 Å². The minimum absolute atomic E-state index is 0.397. The van der Waals surface area contributed by atoms with Gasteiger partial charge in [0.2, 0.25) is 0 Å². The van der Waals surface area contributed by atoms with Crippen molar-refractivity contribution in [3.8, 4) is 0 Å². The molecule has 27 heavy (non-hydrogen) atoms. The molecular formula is C25H38N2. The molecule has 0 bridgehead atoms. The van der Waals surface area contributed by atoms with Crippen LogP contribution in [0.4, 0.5) is 11.4 Å². The lowest BCUT2D eigenvalue weighted by atomic mass is 9.83. The largest absolute Gasteiger partial charge is 0.398 e. The van der Waals surface area contributed by atoms with E-state index in [-0.39, 0.29) is 0 Å². The lowest BCUT2D eigenvalue weighted by molar-refractivity contribution is 0.813. The molecule has 0 heterocycles. The Balaban J connectivity index is 2.60. The first kappa shape index (κ1) is 21.3. The minimum atomic E-state index is 0.397. The van der Waals surface area contributed by atoms with Gasteiger partial charge in [-0.15, -0.1) is 0 Å². The summed E-state index contributed by atoms with van der Waals surface area (Å²) < 4.78 is 0. The second-order valence-corrected chi connectivity index (χ2v) is 9.08. The Morgan fingerprint density at radius 3 is 1.15 bits per heavy atom. The first-order chi connectivity index (χ1) is 12.6. The Kier molecular flexibility index (Phi) is 6.62. The number of hydrogen-bond acceptors (Lipinski definition) is 2. The summed E-state index contributed by atoms with van der Waals surface area (Å²) in [6.07, 6.45) is 0.881. The molecule has 0 saturated carbocycles. The van der Waals surface area contributed by atoms with Crippen LogP contribution in [-0.2, 0) is 6.42 Å². The van der Waals surface area contributed by atoms with Gasteiger partial charge in [-0.2, -0.15) is 0 Å². The van der Waals surface area contributed by atoms with Crippen molar-refractivity contribution in [3.63, 3.8) is 0 Å². The molecule has 2 heteroatoms. The predicted molar refractivity (Wildman–Crippen MR) is 121 cm³/mol. The number of nitrogens with two attached hydrogens (primary N) is 2. The highest BCUT2D eigenvalue weighted by Gasteiger charge is 2.20. The van der Waals surface area contributed by atoms with Crippen LogP contribution in [0.15, 0.2) is 24.3 Å². The van der Waals surface area contributed by atoms with Crippen LogP contribution in [-0.4, -0.2) is 0 Å². The second kappa shape index (κ2) is 8.37. The van der Waals surface area contributed by atoms with Gasteiger partial charge in [0.1, 0.15) is 0 Å². The minimum Gasteiger partial charge on any atom is -0.398 e. The molecule has 0 aliphatic carbocycles. The van der Waals surface area contributed by atoms with Crippen molar-refractivity contribution in [2.45, 2.75) is 85.5 Å². The topological polar surface area (TPSA) is 52.0 Å². The van der Waals surface area contributed by atoms with E-state index < -0.39 is 0 Å². The van der Waals surface area contributed by atoms with Crippen molar-refractivity contribution < 1.29 is 0 Å². The Hall–Kier alpha value is -1.96.